The van der Waals surface area contributed by atoms with Crippen molar-refractivity contribution in [2.75, 3.05) is 49.5 Å². The van der Waals surface area contributed by atoms with Crippen LogP contribution in [0, 0.1) is 19.8 Å². The third-order valence-corrected chi connectivity index (χ3v) is 6.59. The Morgan fingerprint density at radius 3 is 2.35 bits per heavy atom. The molecular weight excluding hydrogens is 388 g/mol. The van der Waals surface area contributed by atoms with Gasteiger partial charge in [0.1, 0.15) is 0 Å². The van der Waals surface area contributed by atoms with Crippen molar-refractivity contribution in [3.8, 4) is 0 Å². The fourth-order valence-corrected chi connectivity index (χ4v) is 4.59. The number of piperazine rings is 1. The van der Waals surface area contributed by atoms with Gasteiger partial charge in [-0.2, -0.15) is 0 Å². The molecule has 2 aromatic rings. The van der Waals surface area contributed by atoms with E-state index in [1.165, 1.54) is 16.8 Å². The van der Waals surface area contributed by atoms with Crippen molar-refractivity contribution < 1.29 is 9.59 Å². The van der Waals surface area contributed by atoms with Gasteiger partial charge in [0.25, 0.3) is 0 Å². The summed E-state index contributed by atoms with van der Waals surface area (Å²) in [4.78, 5) is 32.0. The highest BCUT2D eigenvalue weighted by Gasteiger charge is 2.32. The SMILES string of the molecule is Cc1cccc(N2CCN(C(=O)[C@H]3CCCN(C(=O)Nc4ccccc4)C3)CC2)c1C. The number of rotatable bonds is 3. The molecule has 3 amide bonds. The lowest BCUT2D eigenvalue weighted by molar-refractivity contribution is -0.137. The van der Waals surface area contributed by atoms with Crippen LogP contribution in [0.1, 0.15) is 24.0 Å². The number of hydrogen-bond acceptors (Lipinski definition) is 3. The summed E-state index contributed by atoms with van der Waals surface area (Å²) >= 11 is 0. The van der Waals surface area contributed by atoms with E-state index in [0.29, 0.717) is 13.1 Å². The molecule has 1 N–H and O–H groups in total. The molecule has 2 aromatic carbocycles. The molecule has 0 spiro atoms. The summed E-state index contributed by atoms with van der Waals surface area (Å²) in [6.07, 6.45) is 1.71. The standard InChI is InChI=1S/C25H32N4O2/c1-19-8-6-12-23(20(19)2)27-14-16-28(17-15-27)24(30)21-9-7-13-29(18-21)25(31)26-22-10-4-3-5-11-22/h3-6,8,10-12,21H,7,9,13-18H2,1-2H3,(H,26,31)/t21-/m0/s1. The van der Waals surface area contributed by atoms with Gasteiger partial charge in [-0.05, 0) is 56.0 Å². The number of aryl methyl sites for hydroxylation is 1. The Morgan fingerprint density at radius 1 is 0.871 bits per heavy atom. The van der Waals surface area contributed by atoms with Crippen LogP contribution in [0.15, 0.2) is 48.5 Å². The second-order valence-corrected chi connectivity index (χ2v) is 8.61. The summed E-state index contributed by atoms with van der Waals surface area (Å²) in [5, 5.41) is 2.94. The quantitative estimate of drug-likeness (QED) is 0.820. The van der Waals surface area contributed by atoms with Gasteiger partial charge in [0.15, 0.2) is 0 Å². The van der Waals surface area contributed by atoms with Crippen LogP contribution in [0.2, 0.25) is 0 Å². The van der Waals surface area contributed by atoms with E-state index in [0.717, 1.165) is 44.7 Å². The molecule has 0 aromatic heterocycles. The van der Waals surface area contributed by atoms with E-state index < -0.39 is 0 Å². The minimum Gasteiger partial charge on any atom is -0.368 e. The highest BCUT2D eigenvalue weighted by molar-refractivity contribution is 5.90. The monoisotopic (exact) mass is 420 g/mol. The molecular formula is C25H32N4O2. The third kappa shape index (κ3) is 4.84. The maximum atomic E-state index is 13.2. The largest absolute Gasteiger partial charge is 0.368 e. The minimum absolute atomic E-state index is 0.109. The number of urea groups is 1. The Hall–Kier alpha value is -3.02. The Balaban J connectivity index is 1.32. The smallest absolute Gasteiger partial charge is 0.321 e. The number of carbonyl (C=O) groups excluding carboxylic acids is 2. The molecule has 0 radical (unpaired) electrons. The summed E-state index contributed by atoms with van der Waals surface area (Å²) in [6.45, 7) is 8.66. The molecule has 0 bridgehead atoms. The average molecular weight is 421 g/mol. The summed E-state index contributed by atoms with van der Waals surface area (Å²) in [5.41, 5.74) is 4.67. The number of likely N-dealkylation sites (tertiary alicyclic amines) is 1. The first kappa shape index (κ1) is 21.2. The summed E-state index contributed by atoms with van der Waals surface area (Å²) in [6, 6.07) is 15.8. The van der Waals surface area contributed by atoms with Gasteiger partial charge >= 0.3 is 6.03 Å². The summed E-state index contributed by atoms with van der Waals surface area (Å²) in [5.74, 6) is 0.0837. The molecule has 2 aliphatic heterocycles. The molecule has 1 atom stereocenters. The Labute approximate surface area is 184 Å². The van der Waals surface area contributed by atoms with Crippen molar-refractivity contribution in [3.05, 3.63) is 59.7 Å². The van der Waals surface area contributed by atoms with Crippen LogP contribution in [0.25, 0.3) is 0 Å². The van der Waals surface area contributed by atoms with E-state index >= 15 is 0 Å². The number of nitrogens with one attached hydrogen (secondary N) is 1. The number of anilines is 2. The fraction of sp³-hybridized carbons (Fsp3) is 0.440. The first-order chi connectivity index (χ1) is 15.0. The van der Waals surface area contributed by atoms with Crippen LogP contribution >= 0.6 is 0 Å². The molecule has 164 valence electrons. The van der Waals surface area contributed by atoms with Crippen molar-refractivity contribution in [2.24, 2.45) is 5.92 Å². The normalized spacial score (nSPS) is 19.3. The molecule has 0 unspecified atom stereocenters. The highest BCUT2D eigenvalue weighted by atomic mass is 16.2. The Bertz CT molecular complexity index is 922. The molecule has 2 aliphatic rings. The van der Waals surface area contributed by atoms with Gasteiger partial charge in [-0.25, -0.2) is 4.79 Å². The maximum absolute atomic E-state index is 13.2. The Morgan fingerprint density at radius 2 is 1.61 bits per heavy atom. The second-order valence-electron chi connectivity index (χ2n) is 8.61. The van der Waals surface area contributed by atoms with Crippen molar-refractivity contribution in [3.63, 3.8) is 0 Å². The van der Waals surface area contributed by atoms with Gasteiger partial charge in [-0.1, -0.05) is 30.3 Å². The first-order valence-electron chi connectivity index (χ1n) is 11.2. The van der Waals surface area contributed by atoms with Crippen molar-refractivity contribution in [1.29, 1.82) is 0 Å². The van der Waals surface area contributed by atoms with Crippen LogP contribution in [-0.2, 0) is 4.79 Å². The number of carbonyl (C=O) groups is 2. The van der Waals surface area contributed by atoms with Gasteiger partial charge in [-0.3, -0.25) is 4.79 Å². The van der Waals surface area contributed by atoms with Gasteiger partial charge < -0.3 is 20.0 Å². The van der Waals surface area contributed by atoms with Crippen LogP contribution < -0.4 is 10.2 Å². The molecule has 6 heteroatoms. The van der Waals surface area contributed by atoms with Crippen LogP contribution in [0.5, 0.6) is 0 Å². The van der Waals surface area contributed by atoms with Crippen LogP contribution in [0.3, 0.4) is 0 Å². The lowest BCUT2D eigenvalue weighted by Crippen LogP contribution is -2.53. The molecule has 2 saturated heterocycles. The van der Waals surface area contributed by atoms with E-state index in [1.54, 1.807) is 4.90 Å². The molecule has 4 rings (SSSR count). The van der Waals surface area contributed by atoms with Gasteiger partial charge in [0.05, 0.1) is 5.92 Å². The number of para-hydroxylation sites is 1. The molecule has 0 aliphatic carbocycles. The van der Waals surface area contributed by atoms with E-state index in [4.69, 9.17) is 0 Å². The van der Waals surface area contributed by atoms with Crippen molar-refractivity contribution in [1.82, 2.24) is 9.80 Å². The zero-order valence-electron chi connectivity index (χ0n) is 18.5. The van der Waals surface area contributed by atoms with Gasteiger partial charge in [-0.15, -0.1) is 0 Å². The van der Waals surface area contributed by atoms with E-state index in [1.807, 2.05) is 35.2 Å². The fourth-order valence-electron chi connectivity index (χ4n) is 4.59. The average Bonchev–Trinajstić information content (AvgIpc) is 2.81. The number of nitrogens with zero attached hydrogens (tertiary/aromatic N) is 3. The summed E-state index contributed by atoms with van der Waals surface area (Å²) < 4.78 is 0. The number of hydrogen-bond donors (Lipinski definition) is 1. The second kappa shape index (κ2) is 9.41. The zero-order valence-corrected chi connectivity index (χ0v) is 18.5. The Kier molecular flexibility index (Phi) is 6.44. The molecule has 2 heterocycles. The third-order valence-electron chi connectivity index (χ3n) is 6.59. The van der Waals surface area contributed by atoms with Crippen LogP contribution in [0.4, 0.5) is 16.2 Å². The van der Waals surface area contributed by atoms with Crippen molar-refractivity contribution in [2.45, 2.75) is 26.7 Å². The van der Waals surface area contributed by atoms with E-state index in [2.05, 4.69) is 42.3 Å². The molecule has 31 heavy (non-hydrogen) atoms. The summed E-state index contributed by atoms with van der Waals surface area (Å²) in [7, 11) is 0. The van der Waals surface area contributed by atoms with Gasteiger partial charge in [0.2, 0.25) is 5.91 Å². The molecule has 6 nitrogen and oxygen atoms in total. The number of amides is 3. The van der Waals surface area contributed by atoms with Gasteiger partial charge in [0, 0.05) is 50.6 Å². The zero-order chi connectivity index (χ0) is 21.8. The van der Waals surface area contributed by atoms with Crippen molar-refractivity contribution >= 4 is 23.3 Å². The lowest BCUT2D eigenvalue weighted by Gasteiger charge is -2.40. The topological polar surface area (TPSA) is 55.9 Å². The molecule has 0 saturated carbocycles. The number of benzene rings is 2. The maximum Gasteiger partial charge on any atom is 0.321 e. The lowest BCUT2D eigenvalue weighted by atomic mass is 9.96. The number of piperidine rings is 1. The first-order valence-corrected chi connectivity index (χ1v) is 11.2. The molecule has 2 fully saturated rings. The van der Waals surface area contributed by atoms with E-state index in [-0.39, 0.29) is 17.9 Å². The van der Waals surface area contributed by atoms with E-state index in [9.17, 15) is 9.59 Å². The minimum atomic E-state index is -0.122. The van der Waals surface area contributed by atoms with Crippen LogP contribution in [-0.4, -0.2) is 61.0 Å². The predicted molar refractivity (Wildman–Crippen MR) is 124 cm³/mol. The predicted octanol–water partition coefficient (Wildman–Crippen LogP) is 3.90. The highest BCUT2D eigenvalue weighted by Crippen LogP contribution is 2.25.